The van der Waals surface area contributed by atoms with Gasteiger partial charge in [-0.05, 0) is 24.1 Å². The Bertz CT molecular complexity index is 399. The second-order valence-electron chi connectivity index (χ2n) is 3.90. The van der Waals surface area contributed by atoms with Gasteiger partial charge in [0.05, 0.1) is 10.0 Å². The van der Waals surface area contributed by atoms with Gasteiger partial charge in [-0.1, -0.05) is 36.2 Å². The van der Waals surface area contributed by atoms with Crippen LogP contribution in [-0.2, 0) is 10.5 Å². The summed E-state index contributed by atoms with van der Waals surface area (Å²) in [6, 6.07) is 5.63. The Balaban J connectivity index is 2.21. The highest BCUT2D eigenvalue weighted by atomic mass is 35.5. The van der Waals surface area contributed by atoms with Gasteiger partial charge in [0.25, 0.3) is 0 Å². The summed E-state index contributed by atoms with van der Waals surface area (Å²) in [5.74, 6) is 1.78. The lowest BCUT2D eigenvalue weighted by atomic mass is 10.2. The smallest absolute Gasteiger partial charge is 0.220 e. The molecule has 0 aliphatic heterocycles. The fraction of sp³-hybridized carbons (Fsp3) is 0.462. The molecule has 0 fully saturated rings. The SMILES string of the molecule is CCCNC(=O)CCSCc1ccc(Cl)c(Cl)c1. The van der Waals surface area contributed by atoms with Gasteiger partial charge >= 0.3 is 0 Å². The summed E-state index contributed by atoms with van der Waals surface area (Å²) >= 11 is 13.5. The van der Waals surface area contributed by atoms with Crippen molar-refractivity contribution in [3.05, 3.63) is 33.8 Å². The summed E-state index contributed by atoms with van der Waals surface area (Å²) in [5, 5.41) is 4.01. The van der Waals surface area contributed by atoms with Crippen LogP contribution in [0.3, 0.4) is 0 Å². The molecule has 0 bridgehead atoms. The topological polar surface area (TPSA) is 29.1 Å². The van der Waals surface area contributed by atoms with Crippen LogP contribution in [0.1, 0.15) is 25.3 Å². The van der Waals surface area contributed by atoms with Crippen molar-refractivity contribution in [1.29, 1.82) is 0 Å². The number of hydrogen-bond acceptors (Lipinski definition) is 2. The summed E-state index contributed by atoms with van der Waals surface area (Å²) in [6.07, 6.45) is 1.54. The van der Waals surface area contributed by atoms with Crippen LogP contribution in [0.5, 0.6) is 0 Å². The fourth-order valence-electron chi connectivity index (χ4n) is 1.34. The number of thioether (sulfide) groups is 1. The third kappa shape index (κ3) is 5.98. The zero-order chi connectivity index (χ0) is 13.4. The van der Waals surface area contributed by atoms with Crippen LogP contribution in [0.15, 0.2) is 18.2 Å². The van der Waals surface area contributed by atoms with Crippen LogP contribution in [0.2, 0.25) is 10.0 Å². The maximum atomic E-state index is 11.3. The first-order valence-corrected chi connectivity index (χ1v) is 7.83. The highest BCUT2D eigenvalue weighted by molar-refractivity contribution is 7.98. The molecule has 1 N–H and O–H groups in total. The van der Waals surface area contributed by atoms with Gasteiger partial charge in [0.15, 0.2) is 0 Å². The second kappa shape index (κ2) is 8.68. The number of rotatable bonds is 7. The van der Waals surface area contributed by atoms with Gasteiger partial charge < -0.3 is 5.32 Å². The van der Waals surface area contributed by atoms with Gasteiger partial charge in [0, 0.05) is 24.5 Å². The van der Waals surface area contributed by atoms with Crippen molar-refractivity contribution in [2.24, 2.45) is 0 Å². The molecule has 0 aliphatic carbocycles. The van der Waals surface area contributed by atoms with Crippen molar-refractivity contribution in [3.63, 3.8) is 0 Å². The van der Waals surface area contributed by atoms with E-state index in [4.69, 9.17) is 23.2 Å². The van der Waals surface area contributed by atoms with E-state index in [0.717, 1.165) is 30.0 Å². The lowest BCUT2D eigenvalue weighted by Gasteiger charge is -2.04. The Labute approximate surface area is 122 Å². The first-order valence-electron chi connectivity index (χ1n) is 5.92. The van der Waals surface area contributed by atoms with Crippen LogP contribution < -0.4 is 5.32 Å². The molecule has 1 amide bonds. The van der Waals surface area contributed by atoms with Crippen LogP contribution in [0.4, 0.5) is 0 Å². The standard InChI is InChI=1S/C13H17Cl2NOS/c1-2-6-16-13(17)5-7-18-9-10-3-4-11(14)12(15)8-10/h3-4,8H,2,5-7,9H2,1H3,(H,16,17). The van der Waals surface area contributed by atoms with Gasteiger partial charge in [-0.25, -0.2) is 0 Å². The van der Waals surface area contributed by atoms with E-state index in [2.05, 4.69) is 5.32 Å². The van der Waals surface area contributed by atoms with E-state index in [-0.39, 0.29) is 5.91 Å². The minimum atomic E-state index is 0.124. The normalized spacial score (nSPS) is 10.4. The lowest BCUT2D eigenvalue weighted by molar-refractivity contribution is -0.120. The van der Waals surface area contributed by atoms with Crippen molar-refractivity contribution in [1.82, 2.24) is 5.32 Å². The Morgan fingerprint density at radius 2 is 2.11 bits per heavy atom. The Kier molecular flexibility index (Phi) is 7.56. The summed E-state index contributed by atoms with van der Waals surface area (Å²) in [6.45, 7) is 2.80. The van der Waals surface area contributed by atoms with Crippen molar-refractivity contribution >= 4 is 40.9 Å². The van der Waals surface area contributed by atoms with Crippen molar-refractivity contribution in [2.45, 2.75) is 25.5 Å². The molecular weight excluding hydrogens is 289 g/mol. The average molecular weight is 306 g/mol. The number of carbonyl (C=O) groups excluding carboxylic acids is 1. The number of halogens is 2. The molecule has 0 unspecified atom stereocenters. The number of amides is 1. The van der Waals surface area contributed by atoms with Gasteiger partial charge in [0.1, 0.15) is 0 Å². The van der Waals surface area contributed by atoms with E-state index in [1.54, 1.807) is 17.8 Å². The van der Waals surface area contributed by atoms with Crippen molar-refractivity contribution < 1.29 is 4.79 Å². The summed E-state index contributed by atoms with van der Waals surface area (Å²) in [7, 11) is 0. The molecule has 0 aliphatic rings. The third-order valence-corrected chi connectivity index (χ3v) is 4.07. The molecule has 0 atom stereocenters. The van der Waals surface area contributed by atoms with Crippen LogP contribution in [0.25, 0.3) is 0 Å². The molecular formula is C13H17Cl2NOS. The Morgan fingerprint density at radius 1 is 1.33 bits per heavy atom. The zero-order valence-electron chi connectivity index (χ0n) is 10.3. The van der Waals surface area contributed by atoms with Crippen LogP contribution in [0, 0.1) is 0 Å². The molecule has 2 nitrogen and oxygen atoms in total. The summed E-state index contributed by atoms with van der Waals surface area (Å²) < 4.78 is 0. The maximum Gasteiger partial charge on any atom is 0.220 e. The van der Waals surface area contributed by atoms with E-state index >= 15 is 0 Å². The first-order chi connectivity index (χ1) is 8.63. The van der Waals surface area contributed by atoms with Gasteiger partial charge in [-0.2, -0.15) is 11.8 Å². The minimum absolute atomic E-state index is 0.124. The van der Waals surface area contributed by atoms with Crippen molar-refractivity contribution in [2.75, 3.05) is 12.3 Å². The molecule has 0 heterocycles. The van der Waals surface area contributed by atoms with Gasteiger partial charge in [-0.3, -0.25) is 4.79 Å². The van der Waals surface area contributed by atoms with E-state index in [0.29, 0.717) is 16.5 Å². The van der Waals surface area contributed by atoms with Gasteiger partial charge in [-0.15, -0.1) is 0 Å². The lowest BCUT2D eigenvalue weighted by Crippen LogP contribution is -2.24. The first kappa shape index (κ1) is 15.7. The highest BCUT2D eigenvalue weighted by Crippen LogP contribution is 2.24. The number of carbonyl (C=O) groups is 1. The molecule has 1 rings (SSSR count). The van der Waals surface area contributed by atoms with E-state index in [9.17, 15) is 4.79 Å². The van der Waals surface area contributed by atoms with Crippen molar-refractivity contribution in [3.8, 4) is 0 Å². The fourth-order valence-corrected chi connectivity index (χ4v) is 2.55. The minimum Gasteiger partial charge on any atom is -0.356 e. The predicted molar refractivity (Wildman–Crippen MR) is 80.5 cm³/mol. The molecule has 0 saturated heterocycles. The average Bonchev–Trinajstić information content (AvgIpc) is 2.36. The molecule has 1 aromatic carbocycles. The molecule has 1 aromatic rings. The van der Waals surface area contributed by atoms with Gasteiger partial charge in [0.2, 0.25) is 5.91 Å². The quantitative estimate of drug-likeness (QED) is 0.767. The van der Waals surface area contributed by atoms with E-state index in [1.165, 1.54) is 0 Å². The molecule has 0 aromatic heterocycles. The third-order valence-electron chi connectivity index (χ3n) is 2.30. The number of hydrogen-bond donors (Lipinski definition) is 1. The Hall–Kier alpha value is -0.380. The molecule has 100 valence electrons. The summed E-state index contributed by atoms with van der Waals surface area (Å²) in [5.41, 5.74) is 1.13. The Morgan fingerprint density at radius 3 is 2.78 bits per heavy atom. The monoisotopic (exact) mass is 305 g/mol. The molecule has 18 heavy (non-hydrogen) atoms. The maximum absolute atomic E-state index is 11.3. The number of nitrogens with one attached hydrogen (secondary N) is 1. The highest BCUT2D eigenvalue weighted by Gasteiger charge is 2.02. The number of benzene rings is 1. The molecule has 0 saturated carbocycles. The summed E-state index contributed by atoms with van der Waals surface area (Å²) in [4.78, 5) is 11.3. The predicted octanol–water partition coefficient (Wildman–Crippen LogP) is 4.14. The van der Waals surface area contributed by atoms with Crippen LogP contribution >= 0.6 is 35.0 Å². The molecule has 0 spiro atoms. The second-order valence-corrected chi connectivity index (χ2v) is 5.82. The largest absolute Gasteiger partial charge is 0.356 e. The molecule has 0 radical (unpaired) electrons. The molecule has 5 heteroatoms. The van der Waals surface area contributed by atoms with E-state index in [1.807, 2.05) is 19.1 Å². The zero-order valence-corrected chi connectivity index (χ0v) is 12.7. The van der Waals surface area contributed by atoms with E-state index < -0.39 is 0 Å². The van der Waals surface area contributed by atoms with Crippen LogP contribution in [-0.4, -0.2) is 18.2 Å².